The fourth-order valence-corrected chi connectivity index (χ4v) is 2.38. The molecular weight excluding hydrogens is 272 g/mol. The predicted octanol–water partition coefficient (Wildman–Crippen LogP) is 0.771. The van der Waals surface area contributed by atoms with E-state index in [-0.39, 0.29) is 18.1 Å². The molecule has 1 saturated heterocycles. The fourth-order valence-electron chi connectivity index (χ4n) is 2.38. The Morgan fingerprint density at radius 1 is 1.38 bits per heavy atom. The van der Waals surface area contributed by atoms with Gasteiger partial charge in [-0.1, -0.05) is 0 Å². The third-order valence-corrected chi connectivity index (χ3v) is 3.54. The number of nitrogens with zero attached hydrogens (tertiary/aromatic N) is 3. The third-order valence-electron chi connectivity index (χ3n) is 3.54. The van der Waals surface area contributed by atoms with E-state index in [4.69, 9.17) is 0 Å². The van der Waals surface area contributed by atoms with Crippen LogP contribution in [0.1, 0.15) is 5.56 Å². The zero-order valence-electron chi connectivity index (χ0n) is 12.3. The Morgan fingerprint density at radius 2 is 2.05 bits per heavy atom. The second-order valence-corrected chi connectivity index (χ2v) is 5.27. The summed E-state index contributed by atoms with van der Waals surface area (Å²) in [7, 11) is 1.78. The molecule has 0 saturated carbocycles. The van der Waals surface area contributed by atoms with Crippen LogP contribution >= 0.6 is 0 Å². The molecule has 0 aromatic heterocycles. The Morgan fingerprint density at radius 3 is 2.67 bits per heavy atom. The van der Waals surface area contributed by atoms with E-state index < -0.39 is 4.92 Å². The number of non-ortho nitro benzene ring substituents is 1. The minimum Gasteiger partial charge on any atom is -0.365 e. The molecule has 1 aliphatic rings. The molecular formula is C14H20N4O3. The van der Waals surface area contributed by atoms with Crippen LogP contribution in [0.5, 0.6) is 0 Å². The number of piperazine rings is 1. The second-order valence-electron chi connectivity index (χ2n) is 5.27. The average Bonchev–Trinajstić information content (AvgIpc) is 2.47. The number of carbonyl (C=O) groups is 1. The maximum absolute atomic E-state index is 12.2. The first kappa shape index (κ1) is 15.2. The molecule has 0 spiro atoms. The highest BCUT2D eigenvalue weighted by molar-refractivity contribution is 5.81. The van der Waals surface area contributed by atoms with Gasteiger partial charge in [-0.05, 0) is 18.6 Å². The number of hydrogen-bond acceptors (Lipinski definition) is 5. The molecule has 1 aromatic rings. The number of likely N-dealkylation sites (N-methyl/N-ethyl adjacent to an activating group) is 1. The largest absolute Gasteiger partial charge is 0.365 e. The molecule has 0 aliphatic carbocycles. The molecule has 1 N–H and O–H groups in total. The standard InChI is InChI=1S/C14H20N4O3/c1-11-7-12(9-13(8-11)18(20)21)16(2)10-14(19)17-5-3-15-4-6-17/h7-9,15H,3-6,10H2,1-2H3. The van der Waals surface area contributed by atoms with Crippen LogP contribution in [0.25, 0.3) is 0 Å². The molecule has 1 fully saturated rings. The summed E-state index contributed by atoms with van der Waals surface area (Å²) < 4.78 is 0. The molecule has 0 bridgehead atoms. The topological polar surface area (TPSA) is 78.7 Å². The molecule has 1 heterocycles. The van der Waals surface area contributed by atoms with E-state index >= 15 is 0 Å². The van der Waals surface area contributed by atoms with Crippen LogP contribution in [-0.4, -0.2) is 55.5 Å². The van der Waals surface area contributed by atoms with Crippen LogP contribution in [0, 0.1) is 17.0 Å². The number of benzene rings is 1. The number of nitro groups is 1. The maximum Gasteiger partial charge on any atom is 0.271 e. The first-order chi connectivity index (χ1) is 9.97. The lowest BCUT2D eigenvalue weighted by molar-refractivity contribution is -0.384. The van der Waals surface area contributed by atoms with Gasteiger partial charge in [0.05, 0.1) is 11.5 Å². The van der Waals surface area contributed by atoms with E-state index in [1.165, 1.54) is 12.1 Å². The predicted molar refractivity (Wildman–Crippen MR) is 80.6 cm³/mol. The van der Waals surface area contributed by atoms with Crippen LogP contribution in [0.15, 0.2) is 18.2 Å². The molecule has 0 unspecified atom stereocenters. The molecule has 1 aliphatic heterocycles. The van der Waals surface area contributed by atoms with E-state index in [0.717, 1.165) is 18.7 Å². The van der Waals surface area contributed by atoms with E-state index in [1.807, 2.05) is 17.9 Å². The summed E-state index contributed by atoms with van der Waals surface area (Å²) >= 11 is 0. The monoisotopic (exact) mass is 292 g/mol. The van der Waals surface area contributed by atoms with Gasteiger partial charge in [-0.2, -0.15) is 0 Å². The fraction of sp³-hybridized carbons (Fsp3) is 0.500. The van der Waals surface area contributed by atoms with Crippen molar-refractivity contribution in [3.05, 3.63) is 33.9 Å². The molecule has 1 aromatic carbocycles. The number of amides is 1. The Hall–Kier alpha value is -2.15. The number of carbonyl (C=O) groups excluding carboxylic acids is 1. The summed E-state index contributed by atoms with van der Waals surface area (Å²) in [4.78, 5) is 26.3. The first-order valence-electron chi connectivity index (χ1n) is 6.93. The highest BCUT2D eigenvalue weighted by Crippen LogP contribution is 2.23. The molecule has 21 heavy (non-hydrogen) atoms. The van der Waals surface area contributed by atoms with Gasteiger partial charge >= 0.3 is 0 Å². The van der Waals surface area contributed by atoms with Crippen molar-refractivity contribution in [2.45, 2.75) is 6.92 Å². The highest BCUT2D eigenvalue weighted by Gasteiger charge is 2.19. The minimum atomic E-state index is -0.414. The van der Waals surface area contributed by atoms with Gasteiger partial charge in [0.1, 0.15) is 0 Å². The highest BCUT2D eigenvalue weighted by atomic mass is 16.6. The Bertz CT molecular complexity index is 541. The van der Waals surface area contributed by atoms with E-state index in [0.29, 0.717) is 18.8 Å². The number of nitro benzene ring substituents is 1. The third kappa shape index (κ3) is 3.91. The van der Waals surface area contributed by atoms with Crippen LogP contribution in [-0.2, 0) is 4.79 Å². The molecule has 0 radical (unpaired) electrons. The summed E-state index contributed by atoms with van der Waals surface area (Å²) in [6, 6.07) is 4.87. The van der Waals surface area contributed by atoms with Crippen molar-refractivity contribution in [1.82, 2.24) is 10.2 Å². The van der Waals surface area contributed by atoms with Crippen LogP contribution in [0.2, 0.25) is 0 Å². The lowest BCUT2D eigenvalue weighted by Gasteiger charge is -2.29. The van der Waals surface area contributed by atoms with Crippen molar-refractivity contribution >= 4 is 17.3 Å². The van der Waals surface area contributed by atoms with Gasteiger partial charge < -0.3 is 15.1 Å². The first-order valence-corrected chi connectivity index (χ1v) is 6.93. The van der Waals surface area contributed by atoms with Gasteiger partial charge in [-0.25, -0.2) is 0 Å². The van der Waals surface area contributed by atoms with Crippen molar-refractivity contribution in [1.29, 1.82) is 0 Å². The quantitative estimate of drug-likeness (QED) is 0.655. The number of aryl methyl sites for hydroxylation is 1. The van der Waals surface area contributed by atoms with Crippen molar-refractivity contribution < 1.29 is 9.72 Å². The van der Waals surface area contributed by atoms with Crippen molar-refractivity contribution in [2.24, 2.45) is 0 Å². The zero-order valence-corrected chi connectivity index (χ0v) is 12.3. The SMILES string of the molecule is Cc1cc(N(C)CC(=O)N2CCNCC2)cc([N+](=O)[O-])c1. The Kier molecular flexibility index (Phi) is 4.74. The smallest absolute Gasteiger partial charge is 0.271 e. The van der Waals surface area contributed by atoms with Gasteiger partial charge in [-0.15, -0.1) is 0 Å². The van der Waals surface area contributed by atoms with E-state index in [2.05, 4.69) is 5.32 Å². The molecule has 7 nitrogen and oxygen atoms in total. The van der Waals surface area contributed by atoms with Crippen molar-refractivity contribution in [2.75, 3.05) is 44.7 Å². The van der Waals surface area contributed by atoms with Gasteiger partial charge in [0.15, 0.2) is 0 Å². The van der Waals surface area contributed by atoms with E-state index in [1.54, 1.807) is 11.9 Å². The van der Waals surface area contributed by atoms with Crippen molar-refractivity contribution in [3.8, 4) is 0 Å². The summed E-state index contributed by atoms with van der Waals surface area (Å²) in [6.45, 7) is 5.07. The molecule has 0 atom stereocenters. The van der Waals surface area contributed by atoms with Gasteiger partial charge in [-0.3, -0.25) is 14.9 Å². The number of hydrogen-bond donors (Lipinski definition) is 1. The zero-order chi connectivity index (χ0) is 15.4. The second kappa shape index (κ2) is 6.53. The maximum atomic E-state index is 12.2. The lowest BCUT2D eigenvalue weighted by Crippen LogP contribution is -2.49. The van der Waals surface area contributed by atoms with Crippen LogP contribution in [0.3, 0.4) is 0 Å². The Labute approximate surface area is 123 Å². The molecule has 1 amide bonds. The number of anilines is 1. The van der Waals surface area contributed by atoms with E-state index in [9.17, 15) is 14.9 Å². The molecule has 2 rings (SSSR count). The minimum absolute atomic E-state index is 0.0446. The lowest BCUT2D eigenvalue weighted by atomic mass is 10.2. The summed E-state index contributed by atoms with van der Waals surface area (Å²) in [6.07, 6.45) is 0. The van der Waals surface area contributed by atoms with Crippen LogP contribution in [0.4, 0.5) is 11.4 Å². The average molecular weight is 292 g/mol. The summed E-state index contributed by atoms with van der Waals surface area (Å²) in [5.74, 6) is 0.0446. The Balaban J connectivity index is 2.07. The van der Waals surface area contributed by atoms with Crippen molar-refractivity contribution in [3.63, 3.8) is 0 Å². The van der Waals surface area contributed by atoms with Gasteiger partial charge in [0.2, 0.25) is 5.91 Å². The van der Waals surface area contributed by atoms with Crippen LogP contribution < -0.4 is 10.2 Å². The summed E-state index contributed by atoms with van der Waals surface area (Å²) in [5, 5.41) is 14.1. The normalized spacial score (nSPS) is 14.9. The van der Waals surface area contributed by atoms with Gasteiger partial charge in [0, 0.05) is 51.0 Å². The van der Waals surface area contributed by atoms with Gasteiger partial charge in [0.25, 0.3) is 5.69 Å². The number of nitrogens with one attached hydrogen (secondary N) is 1. The number of rotatable bonds is 4. The molecule has 7 heteroatoms. The summed E-state index contributed by atoms with van der Waals surface area (Å²) in [5.41, 5.74) is 1.54. The molecule has 114 valence electrons.